The molecule has 0 aliphatic carbocycles. The van der Waals surface area contributed by atoms with E-state index in [4.69, 9.17) is 0 Å². The molecule has 0 saturated carbocycles. The molecule has 146 valence electrons. The number of nitrogens with one attached hydrogen (secondary N) is 1. The number of aryl methyl sites for hydroxylation is 1. The SMILES string of the molecule is C[C@@H](O)c1cc2n(n1)CCCN(Cc1cnc(NCc3ccccc3)nc1)C2. The minimum absolute atomic E-state index is 0.530. The predicted octanol–water partition coefficient (Wildman–Crippen LogP) is 2.74. The minimum Gasteiger partial charge on any atom is -0.387 e. The van der Waals surface area contributed by atoms with Gasteiger partial charge in [0.2, 0.25) is 5.95 Å². The van der Waals surface area contributed by atoms with Crippen LogP contribution in [0.1, 0.15) is 42.0 Å². The Morgan fingerprint density at radius 3 is 2.64 bits per heavy atom. The Balaban J connectivity index is 1.35. The van der Waals surface area contributed by atoms with Gasteiger partial charge in [-0.3, -0.25) is 9.58 Å². The number of fused-ring (bicyclic) bond motifs is 1. The van der Waals surface area contributed by atoms with E-state index in [9.17, 15) is 5.11 Å². The van der Waals surface area contributed by atoms with Crippen LogP contribution in [0, 0.1) is 0 Å². The van der Waals surface area contributed by atoms with Crippen molar-refractivity contribution >= 4 is 5.95 Å². The Morgan fingerprint density at radius 1 is 1.11 bits per heavy atom. The molecular formula is C21H26N6O. The Kier molecular flexibility index (Phi) is 5.64. The fraction of sp³-hybridized carbons (Fsp3) is 0.381. The largest absolute Gasteiger partial charge is 0.387 e. The molecule has 3 heterocycles. The van der Waals surface area contributed by atoms with E-state index in [2.05, 4.69) is 37.4 Å². The summed E-state index contributed by atoms with van der Waals surface area (Å²) in [7, 11) is 0. The molecule has 7 heteroatoms. The van der Waals surface area contributed by atoms with Crippen molar-refractivity contribution < 1.29 is 5.11 Å². The van der Waals surface area contributed by atoms with Crippen molar-refractivity contribution in [3.8, 4) is 0 Å². The second-order valence-corrected chi connectivity index (χ2v) is 7.28. The zero-order valence-corrected chi connectivity index (χ0v) is 16.1. The Hall–Kier alpha value is -2.77. The lowest BCUT2D eigenvalue weighted by Crippen LogP contribution is -2.23. The molecule has 2 N–H and O–H groups in total. The van der Waals surface area contributed by atoms with Crippen LogP contribution in [0.5, 0.6) is 0 Å². The van der Waals surface area contributed by atoms with Gasteiger partial charge >= 0.3 is 0 Å². The molecule has 0 bridgehead atoms. The molecule has 28 heavy (non-hydrogen) atoms. The van der Waals surface area contributed by atoms with E-state index >= 15 is 0 Å². The summed E-state index contributed by atoms with van der Waals surface area (Å²) in [4.78, 5) is 11.3. The third-order valence-electron chi connectivity index (χ3n) is 4.95. The van der Waals surface area contributed by atoms with Crippen LogP contribution in [0.15, 0.2) is 48.8 Å². The fourth-order valence-corrected chi connectivity index (χ4v) is 3.45. The van der Waals surface area contributed by atoms with E-state index < -0.39 is 6.10 Å². The molecule has 3 aromatic rings. The third kappa shape index (κ3) is 4.55. The molecule has 1 atom stereocenters. The van der Waals surface area contributed by atoms with Gasteiger partial charge in [-0.15, -0.1) is 0 Å². The summed E-state index contributed by atoms with van der Waals surface area (Å²) in [6, 6.07) is 12.2. The second-order valence-electron chi connectivity index (χ2n) is 7.28. The Bertz CT molecular complexity index is 891. The summed E-state index contributed by atoms with van der Waals surface area (Å²) in [6.45, 7) is 5.97. The molecule has 0 spiro atoms. The molecule has 0 radical (unpaired) electrons. The minimum atomic E-state index is -0.530. The molecule has 1 aromatic carbocycles. The third-order valence-corrected chi connectivity index (χ3v) is 4.95. The Labute approximate surface area is 165 Å². The van der Waals surface area contributed by atoms with E-state index in [0.717, 1.165) is 49.6 Å². The van der Waals surface area contributed by atoms with Crippen LogP contribution in [0.25, 0.3) is 0 Å². The number of aliphatic hydroxyl groups excluding tert-OH is 1. The number of aliphatic hydroxyl groups is 1. The molecule has 1 aliphatic heterocycles. The molecule has 0 unspecified atom stereocenters. The smallest absolute Gasteiger partial charge is 0.222 e. The van der Waals surface area contributed by atoms with Gasteiger partial charge in [0.05, 0.1) is 17.5 Å². The van der Waals surface area contributed by atoms with Gasteiger partial charge in [0, 0.05) is 50.7 Å². The average Bonchev–Trinajstić information content (AvgIpc) is 3.02. The highest BCUT2D eigenvalue weighted by molar-refractivity contribution is 5.28. The molecule has 0 amide bonds. The lowest BCUT2D eigenvalue weighted by atomic mass is 10.2. The summed E-state index contributed by atoms with van der Waals surface area (Å²) in [5, 5.41) is 17.5. The van der Waals surface area contributed by atoms with Crippen LogP contribution in [-0.2, 0) is 26.2 Å². The lowest BCUT2D eigenvalue weighted by Gasteiger charge is -2.19. The summed E-state index contributed by atoms with van der Waals surface area (Å²) in [5.74, 6) is 0.642. The lowest BCUT2D eigenvalue weighted by molar-refractivity contribution is 0.193. The van der Waals surface area contributed by atoms with Gasteiger partial charge in [-0.2, -0.15) is 5.10 Å². The standard InChI is InChI=1S/C21H26N6O/c1-16(28)20-10-19-15-26(8-5-9-27(19)25-20)14-18-12-23-21(24-13-18)22-11-17-6-3-2-4-7-17/h2-4,6-7,10,12-13,16,28H,5,8-9,11,14-15H2,1H3,(H,22,23,24)/t16-/m1/s1. The van der Waals surface area contributed by atoms with Gasteiger partial charge in [-0.25, -0.2) is 9.97 Å². The quantitative estimate of drug-likeness (QED) is 0.687. The first-order valence-electron chi connectivity index (χ1n) is 9.73. The zero-order chi connectivity index (χ0) is 19.3. The van der Waals surface area contributed by atoms with Crippen molar-refractivity contribution in [1.29, 1.82) is 0 Å². The number of nitrogens with zero attached hydrogens (tertiary/aromatic N) is 5. The average molecular weight is 378 g/mol. The van der Waals surface area contributed by atoms with E-state index in [0.29, 0.717) is 12.5 Å². The monoisotopic (exact) mass is 378 g/mol. The molecule has 2 aromatic heterocycles. The molecular weight excluding hydrogens is 352 g/mol. The van der Waals surface area contributed by atoms with Crippen LogP contribution in [0.4, 0.5) is 5.95 Å². The zero-order valence-electron chi connectivity index (χ0n) is 16.1. The van der Waals surface area contributed by atoms with Gasteiger partial charge in [0.1, 0.15) is 0 Å². The van der Waals surface area contributed by atoms with Crippen molar-refractivity contribution in [2.75, 3.05) is 11.9 Å². The van der Waals surface area contributed by atoms with E-state index in [-0.39, 0.29) is 0 Å². The highest BCUT2D eigenvalue weighted by Gasteiger charge is 2.18. The number of hydrogen-bond donors (Lipinski definition) is 2. The van der Waals surface area contributed by atoms with Gasteiger partial charge < -0.3 is 10.4 Å². The van der Waals surface area contributed by atoms with Crippen LogP contribution in [0.2, 0.25) is 0 Å². The van der Waals surface area contributed by atoms with Gasteiger partial charge in [0.25, 0.3) is 0 Å². The maximum atomic E-state index is 9.77. The number of rotatable bonds is 6. The van der Waals surface area contributed by atoms with Crippen molar-refractivity contribution in [3.05, 3.63) is 71.3 Å². The summed E-state index contributed by atoms with van der Waals surface area (Å²) in [5.41, 5.74) is 4.19. The molecule has 7 nitrogen and oxygen atoms in total. The summed E-state index contributed by atoms with van der Waals surface area (Å²) in [6.07, 6.45) is 4.29. The van der Waals surface area contributed by atoms with Crippen LogP contribution in [-0.4, -0.2) is 36.3 Å². The fourth-order valence-electron chi connectivity index (χ4n) is 3.45. The normalized spacial score (nSPS) is 15.6. The van der Waals surface area contributed by atoms with E-state index in [1.165, 1.54) is 5.56 Å². The first-order valence-corrected chi connectivity index (χ1v) is 9.73. The van der Waals surface area contributed by atoms with E-state index in [1.54, 1.807) is 6.92 Å². The number of aromatic nitrogens is 4. The highest BCUT2D eigenvalue weighted by Crippen LogP contribution is 2.19. The van der Waals surface area contributed by atoms with Crippen LogP contribution >= 0.6 is 0 Å². The first kappa shape index (κ1) is 18.6. The summed E-state index contributed by atoms with van der Waals surface area (Å²) < 4.78 is 2.02. The molecule has 4 rings (SSSR count). The van der Waals surface area contributed by atoms with E-state index in [1.807, 2.05) is 41.3 Å². The van der Waals surface area contributed by atoms with Crippen LogP contribution in [0.3, 0.4) is 0 Å². The predicted molar refractivity (Wildman–Crippen MR) is 107 cm³/mol. The topological polar surface area (TPSA) is 79.1 Å². The number of benzene rings is 1. The van der Waals surface area contributed by atoms with Crippen molar-refractivity contribution in [1.82, 2.24) is 24.6 Å². The highest BCUT2D eigenvalue weighted by atomic mass is 16.3. The van der Waals surface area contributed by atoms with Crippen molar-refractivity contribution in [2.24, 2.45) is 0 Å². The molecule has 0 fully saturated rings. The van der Waals surface area contributed by atoms with Gasteiger partial charge in [-0.1, -0.05) is 30.3 Å². The molecule has 1 aliphatic rings. The van der Waals surface area contributed by atoms with Gasteiger partial charge in [-0.05, 0) is 25.0 Å². The van der Waals surface area contributed by atoms with Crippen molar-refractivity contribution in [3.63, 3.8) is 0 Å². The second kappa shape index (κ2) is 8.50. The first-order chi connectivity index (χ1) is 13.7. The summed E-state index contributed by atoms with van der Waals surface area (Å²) >= 11 is 0. The maximum absolute atomic E-state index is 9.77. The number of hydrogen-bond acceptors (Lipinski definition) is 6. The maximum Gasteiger partial charge on any atom is 0.222 e. The molecule has 0 saturated heterocycles. The van der Waals surface area contributed by atoms with Crippen molar-refractivity contribution in [2.45, 2.75) is 45.6 Å². The number of anilines is 1. The Morgan fingerprint density at radius 2 is 1.89 bits per heavy atom. The van der Waals surface area contributed by atoms with Crippen LogP contribution < -0.4 is 5.32 Å². The van der Waals surface area contributed by atoms with Gasteiger partial charge in [0.15, 0.2) is 0 Å².